The molecule has 0 unspecified atom stereocenters. The van der Waals surface area contributed by atoms with Gasteiger partial charge in [0.05, 0.1) is 6.07 Å². The molecule has 0 aliphatic heterocycles. The molecule has 2 N–H and O–H groups in total. The van der Waals surface area contributed by atoms with E-state index in [1.807, 2.05) is 12.1 Å². The number of nitrogen functional groups attached to an aromatic ring is 1. The van der Waals surface area contributed by atoms with Crippen LogP contribution in [0.1, 0.15) is 38.2 Å². The highest BCUT2D eigenvalue weighted by Crippen LogP contribution is 2.10. The largest absolute Gasteiger partial charge is 0.399 e. The Labute approximate surface area is 110 Å². The summed E-state index contributed by atoms with van der Waals surface area (Å²) in [6, 6.07) is 10.3. The lowest BCUT2D eigenvalue weighted by molar-refractivity contribution is 0.261. The van der Waals surface area contributed by atoms with Gasteiger partial charge in [-0.2, -0.15) is 5.26 Å². The summed E-state index contributed by atoms with van der Waals surface area (Å²) in [5, 5.41) is 8.52. The van der Waals surface area contributed by atoms with Crippen LogP contribution in [0.25, 0.3) is 0 Å². The van der Waals surface area contributed by atoms with Crippen LogP contribution >= 0.6 is 0 Å². The Morgan fingerprint density at radius 1 is 1.17 bits per heavy atom. The Bertz CT molecular complexity index is 364. The standard InChI is InChI=1S/C15H23N3/c1-2-11-18(12-5-3-4-10-16)13-14-6-8-15(17)9-7-14/h6-9H,2-5,11-13,17H2,1H3. The molecule has 0 heterocycles. The van der Waals surface area contributed by atoms with Gasteiger partial charge >= 0.3 is 0 Å². The lowest BCUT2D eigenvalue weighted by Gasteiger charge is -2.21. The molecule has 0 aromatic heterocycles. The molecule has 98 valence electrons. The van der Waals surface area contributed by atoms with Gasteiger partial charge in [0.25, 0.3) is 0 Å². The number of nitrogens with two attached hydrogens (primary N) is 1. The van der Waals surface area contributed by atoms with E-state index in [2.05, 4.69) is 30.0 Å². The molecule has 0 aliphatic rings. The maximum absolute atomic E-state index is 8.52. The topological polar surface area (TPSA) is 53.0 Å². The lowest BCUT2D eigenvalue weighted by atomic mass is 10.1. The zero-order chi connectivity index (χ0) is 13.2. The van der Waals surface area contributed by atoms with Crippen molar-refractivity contribution in [2.75, 3.05) is 18.8 Å². The molecule has 3 heteroatoms. The number of hydrogen-bond donors (Lipinski definition) is 1. The molecule has 0 aliphatic carbocycles. The monoisotopic (exact) mass is 245 g/mol. The van der Waals surface area contributed by atoms with Gasteiger partial charge in [-0.25, -0.2) is 0 Å². The van der Waals surface area contributed by atoms with Crippen molar-refractivity contribution in [3.05, 3.63) is 29.8 Å². The van der Waals surface area contributed by atoms with E-state index in [1.54, 1.807) is 0 Å². The first-order chi connectivity index (χ1) is 8.76. The van der Waals surface area contributed by atoms with E-state index in [1.165, 1.54) is 5.56 Å². The normalized spacial score (nSPS) is 10.5. The molecular weight excluding hydrogens is 222 g/mol. The second kappa shape index (κ2) is 8.54. The van der Waals surface area contributed by atoms with E-state index >= 15 is 0 Å². The van der Waals surface area contributed by atoms with Crippen LogP contribution in [0.5, 0.6) is 0 Å². The van der Waals surface area contributed by atoms with Gasteiger partial charge in [-0.1, -0.05) is 19.1 Å². The average Bonchev–Trinajstić information content (AvgIpc) is 2.37. The number of hydrogen-bond acceptors (Lipinski definition) is 3. The minimum Gasteiger partial charge on any atom is -0.399 e. The van der Waals surface area contributed by atoms with E-state index in [0.717, 1.165) is 44.6 Å². The first kappa shape index (κ1) is 14.5. The van der Waals surface area contributed by atoms with Crippen molar-refractivity contribution in [2.45, 2.75) is 39.2 Å². The predicted octanol–water partition coefficient (Wildman–Crippen LogP) is 3.17. The summed E-state index contributed by atoms with van der Waals surface area (Å²) in [6.45, 7) is 5.35. The van der Waals surface area contributed by atoms with Crippen molar-refractivity contribution in [1.82, 2.24) is 4.90 Å². The van der Waals surface area contributed by atoms with Crippen LogP contribution in [0, 0.1) is 11.3 Å². The molecule has 1 aromatic carbocycles. The van der Waals surface area contributed by atoms with E-state index in [4.69, 9.17) is 11.0 Å². The SMILES string of the molecule is CCCN(CCCCC#N)Cc1ccc(N)cc1. The second-order valence-corrected chi connectivity index (χ2v) is 4.63. The van der Waals surface area contributed by atoms with Gasteiger partial charge in [0, 0.05) is 18.7 Å². The molecule has 0 amide bonds. The van der Waals surface area contributed by atoms with Crippen LogP contribution in [-0.4, -0.2) is 18.0 Å². The molecular formula is C15H23N3. The predicted molar refractivity (Wildman–Crippen MR) is 75.9 cm³/mol. The molecule has 1 rings (SSSR count). The number of rotatable bonds is 8. The number of unbranched alkanes of at least 4 members (excludes halogenated alkanes) is 2. The van der Waals surface area contributed by atoms with E-state index in [9.17, 15) is 0 Å². The highest BCUT2D eigenvalue weighted by molar-refractivity contribution is 5.39. The Morgan fingerprint density at radius 2 is 1.89 bits per heavy atom. The zero-order valence-corrected chi connectivity index (χ0v) is 11.2. The Hall–Kier alpha value is -1.53. The minimum atomic E-state index is 0.668. The molecule has 0 radical (unpaired) electrons. The number of nitrogens with zero attached hydrogens (tertiary/aromatic N) is 2. The van der Waals surface area contributed by atoms with Crippen molar-refractivity contribution in [3.63, 3.8) is 0 Å². The molecule has 0 spiro atoms. The molecule has 0 saturated heterocycles. The smallest absolute Gasteiger partial charge is 0.0621 e. The van der Waals surface area contributed by atoms with Gasteiger partial charge in [-0.3, -0.25) is 4.90 Å². The molecule has 18 heavy (non-hydrogen) atoms. The summed E-state index contributed by atoms with van der Waals surface area (Å²) in [6.07, 6.45) is 3.93. The second-order valence-electron chi connectivity index (χ2n) is 4.63. The molecule has 0 fully saturated rings. The van der Waals surface area contributed by atoms with Crippen LogP contribution in [0.15, 0.2) is 24.3 Å². The van der Waals surface area contributed by atoms with Crippen LogP contribution in [0.2, 0.25) is 0 Å². The summed E-state index contributed by atoms with van der Waals surface area (Å²) >= 11 is 0. The fraction of sp³-hybridized carbons (Fsp3) is 0.533. The van der Waals surface area contributed by atoms with Crippen molar-refractivity contribution in [3.8, 4) is 6.07 Å². The van der Waals surface area contributed by atoms with Crippen molar-refractivity contribution < 1.29 is 0 Å². The third kappa shape index (κ3) is 5.70. The van der Waals surface area contributed by atoms with Gasteiger partial charge in [-0.15, -0.1) is 0 Å². The van der Waals surface area contributed by atoms with Gasteiger partial charge in [0.1, 0.15) is 0 Å². The van der Waals surface area contributed by atoms with Gasteiger partial charge in [-0.05, 0) is 50.0 Å². The zero-order valence-electron chi connectivity index (χ0n) is 11.2. The summed E-state index contributed by atoms with van der Waals surface area (Å²) < 4.78 is 0. The summed E-state index contributed by atoms with van der Waals surface area (Å²) in [5.74, 6) is 0. The highest BCUT2D eigenvalue weighted by Gasteiger charge is 2.04. The number of nitriles is 1. The van der Waals surface area contributed by atoms with Crippen molar-refractivity contribution in [1.29, 1.82) is 5.26 Å². The minimum absolute atomic E-state index is 0.668. The van der Waals surface area contributed by atoms with Crippen molar-refractivity contribution in [2.24, 2.45) is 0 Å². The number of anilines is 1. The quantitative estimate of drug-likeness (QED) is 0.565. The Balaban J connectivity index is 2.41. The van der Waals surface area contributed by atoms with Crippen LogP contribution in [0.4, 0.5) is 5.69 Å². The third-order valence-corrected chi connectivity index (χ3v) is 2.94. The van der Waals surface area contributed by atoms with Gasteiger partial charge in [0.2, 0.25) is 0 Å². The van der Waals surface area contributed by atoms with E-state index in [0.29, 0.717) is 6.42 Å². The van der Waals surface area contributed by atoms with Crippen LogP contribution in [-0.2, 0) is 6.54 Å². The fourth-order valence-corrected chi connectivity index (χ4v) is 2.01. The molecule has 0 saturated carbocycles. The molecule has 1 aromatic rings. The number of benzene rings is 1. The molecule has 0 bridgehead atoms. The maximum Gasteiger partial charge on any atom is 0.0621 e. The van der Waals surface area contributed by atoms with Crippen LogP contribution < -0.4 is 5.73 Å². The van der Waals surface area contributed by atoms with Gasteiger partial charge < -0.3 is 5.73 Å². The van der Waals surface area contributed by atoms with Crippen molar-refractivity contribution >= 4 is 5.69 Å². The summed E-state index contributed by atoms with van der Waals surface area (Å²) in [7, 11) is 0. The first-order valence-electron chi connectivity index (χ1n) is 6.70. The Kier molecular flexibility index (Phi) is 6.90. The molecule has 0 atom stereocenters. The van der Waals surface area contributed by atoms with E-state index in [-0.39, 0.29) is 0 Å². The summed E-state index contributed by atoms with van der Waals surface area (Å²) in [5.41, 5.74) is 7.80. The maximum atomic E-state index is 8.52. The first-order valence-corrected chi connectivity index (χ1v) is 6.70. The average molecular weight is 245 g/mol. The fourth-order valence-electron chi connectivity index (χ4n) is 2.01. The highest BCUT2D eigenvalue weighted by atomic mass is 15.1. The summed E-state index contributed by atoms with van der Waals surface area (Å²) in [4.78, 5) is 2.45. The molecule has 3 nitrogen and oxygen atoms in total. The van der Waals surface area contributed by atoms with E-state index < -0.39 is 0 Å². The van der Waals surface area contributed by atoms with Crippen LogP contribution in [0.3, 0.4) is 0 Å². The third-order valence-electron chi connectivity index (χ3n) is 2.94. The lowest BCUT2D eigenvalue weighted by Crippen LogP contribution is -2.25. The van der Waals surface area contributed by atoms with Gasteiger partial charge in [0.15, 0.2) is 0 Å². The Morgan fingerprint density at radius 3 is 2.50 bits per heavy atom.